The standard InChI is InChI=1S/C17H16N4OS2/c1-10-4-5-11(2)12(8-10)9-24-17-19-18-16-20(3)15(22)14-13(21(16)17)6-7-23-14/h4-8H,9H2,1-3H3. The Morgan fingerprint density at radius 1 is 1.21 bits per heavy atom. The molecule has 0 atom stereocenters. The van der Waals surface area contributed by atoms with E-state index in [4.69, 9.17) is 0 Å². The van der Waals surface area contributed by atoms with Crippen molar-refractivity contribution in [3.63, 3.8) is 0 Å². The fraction of sp³-hybridized carbons (Fsp3) is 0.235. The molecule has 122 valence electrons. The van der Waals surface area contributed by atoms with Crippen molar-refractivity contribution in [2.24, 2.45) is 7.05 Å². The van der Waals surface area contributed by atoms with E-state index >= 15 is 0 Å². The normalized spacial score (nSPS) is 11.6. The molecule has 5 nitrogen and oxygen atoms in total. The summed E-state index contributed by atoms with van der Waals surface area (Å²) in [6, 6.07) is 8.44. The molecule has 0 fully saturated rings. The first-order valence-electron chi connectivity index (χ1n) is 7.56. The molecular weight excluding hydrogens is 340 g/mol. The number of hydrogen-bond acceptors (Lipinski definition) is 5. The highest BCUT2D eigenvalue weighted by Gasteiger charge is 2.16. The van der Waals surface area contributed by atoms with Gasteiger partial charge in [0.2, 0.25) is 5.78 Å². The number of aromatic nitrogens is 4. The minimum atomic E-state index is -0.0222. The highest BCUT2D eigenvalue weighted by atomic mass is 32.2. The minimum Gasteiger partial charge on any atom is -0.279 e. The molecule has 0 spiro atoms. The van der Waals surface area contributed by atoms with E-state index in [-0.39, 0.29) is 5.56 Å². The van der Waals surface area contributed by atoms with Gasteiger partial charge >= 0.3 is 0 Å². The van der Waals surface area contributed by atoms with E-state index < -0.39 is 0 Å². The lowest BCUT2D eigenvalue weighted by Gasteiger charge is -2.07. The maximum Gasteiger partial charge on any atom is 0.272 e. The third-order valence-electron chi connectivity index (χ3n) is 4.16. The van der Waals surface area contributed by atoms with Gasteiger partial charge in [0.1, 0.15) is 4.70 Å². The van der Waals surface area contributed by atoms with E-state index in [1.54, 1.807) is 23.4 Å². The van der Waals surface area contributed by atoms with Crippen molar-refractivity contribution in [3.05, 3.63) is 56.7 Å². The predicted molar refractivity (Wildman–Crippen MR) is 99.1 cm³/mol. The zero-order valence-corrected chi connectivity index (χ0v) is 15.2. The topological polar surface area (TPSA) is 52.2 Å². The zero-order valence-electron chi connectivity index (χ0n) is 13.6. The van der Waals surface area contributed by atoms with Crippen LogP contribution in [0.1, 0.15) is 16.7 Å². The molecular formula is C17H16N4OS2. The van der Waals surface area contributed by atoms with Gasteiger partial charge in [0.05, 0.1) is 5.52 Å². The maximum atomic E-state index is 12.4. The van der Waals surface area contributed by atoms with Crippen molar-refractivity contribution >= 4 is 39.1 Å². The molecule has 0 radical (unpaired) electrons. The first-order chi connectivity index (χ1) is 11.6. The molecule has 4 aromatic rings. The lowest BCUT2D eigenvalue weighted by Crippen LogP contribution is -2.18. The Hall–Kier alpha value is -2.12. The smallest absolute Gasteiger partial charge is 0.272 e. The Morgan fingerprint density at radius 2 is 2.04 bits per heavy atom. The van der Waals surface area contributed by atoms with Gasteiger partial charge in [-0.05, 0) is 36.4 Å². The number of thiophene rings is 1. The summed E-state index contributed by atoms with van der Waals surface area (Å²) in [5.74, 6) is 1.40. The summed E-state index contributed by atoms with van der Waals surface area (Å²) in [6.07, 6.45) is 0. The molecule has 7 heteroatoms. The minimum absolute atomic E-state index is 0.0222. The largest absolute Gasteiger partial charge is 0.279 e. The molecule has 1 aromatic carbocycles. The quantitative estimate of drug-likeness (QED) is 0.527. The van der Waals surface area contributed by atoms with Crippen molar-refractivity contribution in [2.75, 3.05) is 0 Å². The predicted octanol–water partition coefficient (Wildman–Crippen LogP) is 3.55. The van der Waals surface area contributed by atoms with Gasteiger partial charge in [-0.2, -0.15) is 0 Å². The summed E-state index contributed by atoms with van der Waals surface area (Å²) in [5, 5.41) is 11.3. The molecule has 0 saturated carbocycles. The van der Waals surface area contributed by atoms with Gasteiger partial charge in [-0.1, -0.05) is 35.5 Å². The van der Waals surface area contributed by atoms with Gasteiger partial charge in [0.15, 0.2) is 5.16 Å². The summed E-state index contributed by atoms with van der Waals surface area (Å²) in [7, 11) is 1.74. The van der Waals surface area contributed by atoms with E-state index in [1.165, 1.54) is 28.0 Å². The van der Waals surface area contributed by atoms with Gasteiger partial charge in [0.25, 0.3) is 5.56 Å². The van der Waals surface area contributed by atoms with Gasteiger partial charge in [-0.25, -0.2) is 0 Å². The third-order valence-corrected chi connectivity index (χ3v) is 6.03. The lowest BCUT2D eigenvalue weighted by atomic mass is 10.1. The molecule has 4 rings (SSSR count). The second kappa shape index (κ2) is 5.75. The molecule has 3 aromatic heterocycles. The van der Waals surface area contributed by atoms with Crippen LogP contribution in [0.5, 0.6) is 0 Å². The number of thioether (sulfide) groups is 1. The summed E-state index contributed by atoms with van der Waals surface area (Å²) in [5.41, 5.74) is 4.68. The van der Waals surface area contributed by atoms with Crippen molar-refractivity contribution in [2.45, 2.75) is 24.8 Å². The number of nitrogens with zero attached hydrogens (tertiary/aromatic N) is 4. The molecule has 0 N–H and O–H groups in total. The van der Waals surface area contributed by atoms with Gasteiger partial charge in [-0.15, -0.1) is 21.5 Å². The molecule has 0 aliphatic rings. The molecule has 0 amide bonds. The van der Waals surface area contributed by atoms with E-state index in [0.717, 1.165) is 21.1 Å². The van der Waals surface area contributed by atoms with Gasteiger partial charge in [0, 0.05) is 12.8 Å². The van der Waals surface area contributed by atoms with Crippen LogP contribution >= 0.6 is 23.1 Å². The Morgan fingerprint density at radius 3 is 2.88 bits per heavy atom. The number of aryl methyl sites for hydroxylation is 3. The summed E-state index contributed by atoms with van der Waals surface area (Å²) in [4.78, 5) is 12.4. The van der Waals surface area contributed by atoms with Crippen LogP contribution in [0.15, 0.2) is 39.6 Å². The molecule has 3 heterocycles. The summed E-state index contributed by atoms with van der Waals surface area (Å²) in [6.45, 7) is 4.22. The van der Waals surface area contributed by atoms with Crippen LogP contribution in [-0.2, 0) is 12.8 Å². The molecule has 0 aliphatic heterocycles. The molecule has 0 bridgehead atoms. The average molecular weight is 356 g/mol. The number of benzene rings is 1. The van der Waals surface area contributed by atoms with Crippen molar-refractivity contribution in [1.82, 2.24) is 19.2 Å². The van der Waals surface area contributed by atoms with Gasteiger partial charge < -0.3 is 0 Å². The average Bonchev–Trinajstić information content (AvgIpc) is 3.19. The van der Waals surface area contributed by atoms with Crippen LogP contribution in [0, 0.1) is 13.8 Å². The van der Waals surface area contributed by atoms with E-state index in [1.807, 2.05) is 15.8 Å². The number of fused-ring (bicyclic) bond motifs is 3. The molecule has 0 aliphatic carbocycles. The van der Waals surface area contributed by atoms with E-state index in [9.17, 15) is 4.79 Å². The second-order valence-corrected chi connectivity index (χ2v) is 7.69. The SMILES string of the molecule is Cc1ccc(C)c(CSc2nnc3n(C)c(=O)c4sccc4n23)c1. The van der Waals surface area contributed by atoms with E-state index in [2.05, 4.69) is 42.2 Å². The van der Waals surface area contributed by atoms with Crippen LogP contribution in [0.4, 0.5) is 0 Å². The summed E-state index contributed by atoms with van der Waals surface area (Å²) < 4.78 is 4.27. The molecule has 0 saturated heterocycles. The fourth-order valence-electron chi connectivity index (χ4n) is 2.76. The Bertz CT molecular complexity index is 1120. The molecule has 0 unspecified atom stereocenters. The first kappa shape index (κ1) is 15.4. The Balaban J connectivity index is 1.81. The maximum absolute atomic E-state index is 12.4. The lowest BCUT2D eigenvalue weighted by molar-refractivity contribution is 0.856. The van der Waals surface area contributed by atoms with Crippen LogP contribution in [0.25, 0.3) is 16.0 Å². The van der Waals surface area contributed by atoms with E-state index in [0.29, 0.717) is 5.78 Å². The van der Waals surface area contributed by atoms with Crippen LogP contribution in [0.2, 0.25) is 0 Å². The van der Waals surface area contributed by atoms with Crippen molar-refractivity contribution in [1.29, 1.82) is 0 Å². The first-order valence-corrected chi connectivity index (χ1v) is 9.43. The number of hydrogen-bond donors (Lipinski definition) is 0. The monoisotopic (exact) mass is 356 g/mol. The van der Waals surface area contributed by atoms with Crippen molar-refractivity contribution < 1.29 is 0 Å². The second-order valence-electron chi connectivity index (χ2n) is 5.84. The van der Waals surface area contributed by atoms with Crippen LogP contribution in [0.3, 0.4) is 0 Å². The number of rotatable bonds is 3. The van der Waals surface area contributed by atoms with Gasteiger partial charge in [-0.3, -0.25) is 13.8 Å². The van der Waals surface area contributed by atoms with Crippen molar-refractivity contribution in [3.8, 4) is 0 Å². The highest BCUT2D eigenvalue weighted by molar-refractivity contribution is 7.98. The Kier molecular flexibility index (Phi) is 3.69. The highest BCUT2D eigenvalue weighted by Crippen LogP contribution is 2.27. The fourth-order valence-corrected chi connectivity index (χ4v) is 4.62. The third kappa shape index (κ3) is 2.35. The summed E-state index contributed by atoms with van der Waals surface area (Å²) >= 11 is 3.10. The zero-order chi connectivity index (χ0) is 16.8. The Labute approximate surface area is 147 Å². The van der Waals surface area contributed by atoms with Crippen LogP contribution in [-0.4, -0.2) is 19.2 Å². The van der Waals surface area contributed by atoms with Crippen LogP contribution < -0.4 is 5.56 Å². The molecule has 24 heavy (non-hydrogen) atoms.